The molecule has 3 N–H and O–H groups in total. The summed E-state index contributed by atoms with van der Waals surface area (Å²) >= 11 is 12.3. The van der Waals surface area contributed by atoms with Crippen LogP contribution in [-0.4, -0.2) is 16.9 Å². The monoisotopic (exact) mass is 420 g/mol. The summed E-state index contributed by atoms with van der Waals surface area (Å²) < 4.78 is 0. The van der Waals surface area contributed by atoms with Crippen LogP contribution in [0.25, 0.3) is 0 Å². The summed E-state index contributed by atoms with van der Waals surface area (Å²) in [4.78, 5) is 35.1. The molecule has 0 saturated heterocycles. The van der Waals surface area contributed by atoms with Gasteiger partial charge >= 0.3 is 6.03 Å². The van der Waals surface area contributed by atoms with E-state index in [1.165, 1.54) is 24.3 Å². The first-order chi connectivity index (χ1) is 13.3. The number of hydrogen-bond acceptors (Lipinski definition) is 4. The smallest absolute Gasteiger partial charge is 0.319 e. The number of nitrogens with one attached hydrogen (secondary N) is 3. The Kier molecular flexibility index (Phi) is 5.53. The number of rotatable bonds is 4. The molecule has 0 unspecified atom stereocenters. The van der Waals surface area contributed by atoms with Crippen LogP contribution < -0.4 is 16.0 Å². The van der Waals surface area contributed by atoms with Crippen LogP contribution in [0.3, 0.4) is 0 Å². The first-order valence-corrected chi connectivity index (χ1v) is 8.81. The number of urea groups is 1. The second kappa shape index (κ2) is 7.87. The molecule has 0 fully saturated rings. The molecule has 0 aromatic heterocycles. The van der Waals surface area contributed by atoms with Crippen molar-refractivity contribution in [1.82, 2.24) is 10.6 Å². The van der Waals surface area contributed by atoms with E-state index in [0.29, 0.717) is 22.0 Å². The average molecular weight is 421 g/mol. The fourth-order valence-electron chi connectivity index (χ4n) is 2.84. The summed E-state index contributed by atoms with van der Waals surface area (Å²) in [5, 5.41) is 19.2. The normalized spacial score (nSPS) is 16.2. The molecular weight excluding hydrogens is 407 g/mol. The zero-order valence-corrected chi connectivity index (χ0v) is 16.0. The van der Waals surface area contributed by atoms with Gasteiger partial charge in [0.05, 0.1) is 26.6 Å². The second-order valence-electron chi connectivity index (χ2n) is 5.97. The maximum absolute atomic E-state index is 12.9. The highest BCUT2D eigenvalue weighted by Crippen LogP contribution is 2.35. The van der Waals surface area contributed by atoms with Gasteiger partial charge in [-0.05, 0) is 30.7 Å². The summed E-state index contributed by atoms with van der Waals surface area (Å²) in [7, 11) is 0. The molecule has 0 bridgehead atoms. The molecule has 10 heteroatoms. The first kappa shape index (κ1) is 19.7. The molecule has 0 spiro atoms. The highest BCUT2D eigenvalue weighted by Gasteiger charge is 2.32. The summed E-state index contributed by atoms with van der Waals surface area (Å²) in [6.45, 7) is 1.59. The van der Waals surface area contributed by atoms with Gasteiger partial charge in [-0.15, -0.1) is 0 Å². The van der Waals surface area contributed by atoms with Crippen LogP contribution in [0.2, 0.25) is 10.0 Å². The Balaban J connectivity index is 1.95. The molecule has 2 aromatic carbocycles. The minimum Gasteiger partial charge on any atom is -0.327 e. The van der Waals surface area contributed by atoms with E-state index in [1.807, 2.05) is 0 Å². The zero-order chi connectivity index (χ0) is 20.4. The van der Waals surface area contributed by atoms with Gasteiger partial charge in [-0.3, -0.25) is 14.9 Å². The van der Waals surface area contributed by atoms with E-state index in [2.05, 4.69) is 16.0 Å². The SMILES string of the molecule is CC1=C(C(=O)Nc2ccc([N+](=O)[O-])cc2)[C@@H](c2cccc(Cl)c2Cl)NC(=O)N1. The van der Waals surface area contributed by atoms with Crippen molar-refractivity contribution in [3.63, 3.8) is 0 Å². The van der Waals surface area contributed by atoms with Crippen LogP contribution in [0.15, 0.2) is 53.7 Å². The topological polar surface area (TPSA) is 113 Å². The quantitative estimate of drug-likeness (QED) is 0.508. The number of non-ortho nitro benzene ring substituents is 1. The third kappa shape index (κ3) is 3.92. The van der Waals surface area contributed by atoms with Gasteiger partial charge < -0.3 is 16.0 Å². The third-order valence-corrected chi connectivity index (χ3v) is 4.98. The average Bonchev–Trinajstić information content (AvgIpc) is 2.63. The highest BCUT2D eigenvalue weighted by atomic mass is 35.5. The molecule has 8 nitrogen and oxygen atoms in total. The van der Waals surface area contributed by atoms with Crippen LogP contribution in [0, 0.1) is 10.1 Å². The third-order valence-electron chi connectivity index (χ3n) is 4.14. The lowest BCUT2D eigenvalue weighted by Crippen LogP contribution is -2.46. The number of benzene rings is 2. The number of nitro benzene ring substituents is 1. The molecule has 28 heavy (non-hydrogen) atoms. The van der Waals surface area contributed by atoms with E-state index < -0.39 is 22.9 Å². The number of hydrogen-bond donors (Lipinski definition) is 3. The first-order valence-electron chi connectivity index (χ1n) is 8.06. The Morgan fingerprint density at radius 3 is 2.50 bits per heavy atom. The molecule has 0 saturated carbocycles. The Bertz CT molecular complexity index is 1010. The molecular formula is C18H14Cl2N4O4. The molecule has 1 heterocycles. The largest absolute Gasteiger partial charge is 0.327 e. The van der Waals surface area contributed by atoms with Gasteiger partial charge in [0.2, 0.25) is 0 Å². The van der Waals surface area contributed by atoms with Gasteiger partial charge in [0.15, 0.2) is 0 Å². The van der Waals surface area contributed by atoms with E-state index in [-0.39, 0.29) is 16.3 Å². The van der Waals surface area contributed by atoms with E-state index in [9.17, 15) is 19.7 Å². The minimum atomic E-state index is -0.821. The summed E-state index contributed by atoms with van der Waals surface area (Å²) in [5.74, 6) is -0.500. The van der Waals surface area contributed by atoms with Gasteiger partial charge in [-0.25, -0.2) is 4.79 Å². The number of anilines is 1. The maximum Gasteiger partial charge on any atom is 0.319 e. The van der Waals surface area contributed by atoms with Gasteiger partial charge in [-0.2, -0.15) is 0 Å². The van der Waals surface area contributed by atoms with Crippen LogP contribution >= 0.6 is 23.2 Å². The van der Waals surface area contributed by atoms with Crippen LogP contribution in [-0.2, 0) is 4.79 Å². The number of allylic oxidation sites excluding steroid dienone is 1. The van der Waals surface area contributed by atoms with Crippen LogP contribution in [0.5, 0.6) is 0 Å². The number of nitro groups is 1. The molecule has 3 rings (SSSR count). The van der Waals surface area contributed by atoms with Crippen molar-refractivity contribution >= 4 is 46.5 Å². The molecule has 1 atom stereocenters. The minimum absolute atomic E-state index is 0.0939. The molecule has 1 aliphatic rings. The van der Waals surface area contributed by atoms with Gasteiger partial charge in [0.1, 0.15) is 0 Å². The van der Waals surface area contributed by atoms with E-state index >= 15 is 0 Å². The predicted octanol–water partition coefficient (Wildman–Crippen LogP) is 4.17. The molecule has 0 aliphatic carbocycles. The Labute approximate surface area is 169 Å². The van der Waals surface area contributed by atoms with Crippen molar-refractivity contribution in [2.24, 2.45) is 0 Å². The predicted molar refractivity (Wildman–Crippen MR) is 105 cm³/mol. The van der Waals surface area contributed by atoms with E-state index in [0.717, 1.165) is 0 Å². The number of nitrogens with zero attached hydrogens (tertiary/aromatic N) is 1. The van der Waals surface area contributed by atoms with Crippen molar-refractivity contribution in [3.05, 3.63) is 79.5 Å². The fraction of sp³-hybridized carbons (Fsp3) is 0.111. The number of carbonyl (C=O) groups is 2. The Morgan fingerprint density at radius 1 is 1.18 bits per heavy atom. The number of carbonyl (C=O) groups excluding carboxylic acids is 2. The van der Waals surface area contributed by atoms with Crippen molar-refractivity contribution < 1.29 is 14.5 Å². The number of halogens is 2. The number of amides is 3. The van der Waals surface area contributed by atoms with Crippen LogP contribution in [0.4, 0.5) is 16.2 Å². The molecule has 1 aliphatic heterocycles. The molecule has 2 aromatic rings. The standard InChI is InChI=1S/C18H14Cl2N4O4/c1-9-14(17(25)22-10-5-7-11(8-6-10)24(27)28)16(23-18(26)21-9)12-3-2-4-13(19)15(12)20/h2-8,16H,1H3,(H,22,25)(H2,21,23,26)/t16-/m1/s1. The lowest BCUT2D eigenvalue weighted by atomic mass is 9.94. The van der Waals surface area contributed by atoms with Crippen molar-refractivity contribution in [1.29, 1.82) is 0 Å². The second-order valence-corrected chi connectivity index (χ2v) is 6.76. The molecule has 144 valence electrons. The van der Waals surface area contributed by atoms with Crippen LogP contribution in [0.1, 0.15) is 18.5 Å². The summed E-state index contributed by atoms with van der Waals surface area (Å²) in [6, 6.07) is 9.03. The Hall–Kier alpha value is -3.10. The lowest BCUT2D eigenvalue weighted by molar-refractivity contribution is -0.384. The zero-order valence-electron chi connectivity index (χ0n) is 14.5. The van der Waals surface area contributed by atoms with E-state index in [1.54, 1.807) is 25.1 Å². The van der Waals surface area contributed by atoms with Crippen molar-refractivity contribution in [2.45, 2.75) is 13.0 Å². The summed E-state index contributed by atoms with van der Waals surface area (Å²) in [6.07, 6.45) is 0. The van der Waals surface area contributed by atoms with E-state index in [4.69, 9.17) is 23.2 Å². The molecule has 0 radical (unpaired) electrons. The van der Waals surface area contributed by atoms with Gasteiger partial charge in [0.25, 0.3) is 11.6 Å². The summed E-state index contributed by atoms with van der Waals surface area (Å²) in [5.41, 5.74) is 1.33. The highest BCUT2D eigenvalue weighted by molar-refractivity contribution is 6.42. The fourth-order valence-corrected chi connectivity index (χ4v) is 3.25. The lowest BCUT2D eigenvalue weighted by Gasteiger charge is -2.29. The van der Waals surface area contributed by atoms with Gasteiger partial charge in [0, 0.05) is 23.5 Å². The van der Waals surface area contributed by atoms with Crippen molar-refractivity contribution in [3.8, 4) is 0 Å². The van der Waals surface area contributed by atoms with Gasteiger partial charge in [-0.1, -0.05) is 35.3 Å². The molecule has 3 amide bonds. The maximum atomic E-state index is 12.9. The van der Waals surface area contributed by atoms with Crippen molar-refractivity contribution in [2.75, 3.05) is 5.32 Å². The Morgan fingerprint density at radius 2 is 1.86 bits per heavy atom.